The minimum Gasteiger partial charge on any atom is -0.493 e. The Morgan fingerprint density at radius 1 is 1.43 bits per heavy atom. The molecule has 2 heteroatoms. The van der Waals surface area contributed by atoms with Crippen molar-refractivity contribution in [3.63, 3.8) is 0 Å². The maximum atomic E-state index is 10.1. The normalized spacial score (nSPS) is 23.9. The molecule has 0 saturated carbocycles. The highest BCUT2D eigenvalue weighted by Gasteiger charge is 2.35. The van der Waals surface area contributed by atoms with Crippen LogP contribution in [0.3, 0.4) is 0 Å². The summed E-state index contributed by atoms with van der Waals surface area (Å²) >= 11 is 0. The van der Waals surface area contributed by atoms with Gasteiger partial charge in [-0.3, -0.25) is 0 Å². The molecule has 0 aliphatic carbocycles. The van der Waals surface area contributed by atoms with Crippen molar-refractivity contribution in [2.75, 3.05) is 6.61 Å². The number of hydrogen-bond acceptors (Lipinski definition) is 2. The fraction of sp³-hybridized carbons (Fsp3) is 0.500. The van der Waals surface area contributed by atoms with Crippen molar-refractivity contribution in [1.29, 1.82) is 0 Å². The molecule has 0 amide bonds. The molecule has 0 fully saturated rings. The van der Waals surface area contributed by atoms with Crippen LogP contribution in [-0.4, -0.2) is 11.7 Å². The van der Waals surface area contributed by atoms with Gasteiger partial charge in [0.15, 0.2) is 0 Å². The Morgan fingerprint density at radius 3 is 2.86 bits per heavy atom. The number of aliphatic hydroxyl groups excluding tert-OH is 1. The molecule has 0 spiro atoms. The van der Waals surface area contributed by atoms with Gasteiger partial charge in [0.25, 0.3) is 0 Å². The number of fused-ring (bicyclic) bond motifs is 1. The van der Waals surface area contributed by atoms with Crippen LogP contribution in [-0.2, 0) is 0 Å². The number of benzene rings is 1. The van der Waals surface area contributed by atoms with Crippen LogP contribution in [0.15, 0.2) is 18.2 Å². The fourth-order valence-electron chi connectivity index (χ4n) is 1.78. The fourth-order valence-corrected chi connectivity index (χ4v) is 1.78. The smallest absolute Gasteiger partial charge is 0.125 e. The van der Waals surface area contributed by atoms with Gasteiger partial charge >= 0.3 is 0 Å². The number of aliphatic hydroxyl groups is 1. The van der Waals surface area contributed by atoms with E-state index in [0.29, 0.717) is 6.61 Å². The lowest BCUT2D eigenvalue weighted by molar-refractivity contribution is -0.00723. The van der Waals surface area contributed by atoms with Crippen LogP contribution in [0.5, 0.6) is 5.75 Å². The Hall–Kier alpha value is -1.02. The van der Waals surface area contributed by atoms with E-state index in [-0.39, 0.29) is 5.41 Å². The van der Waals surface area contributed by atoms with Gasteiger partial charge in [-0.05, 0) is 19.1 Å². The van der Waals surface area contributed by atoms with E-state index in [0.717, 1.165) is 16.9 Å². The second-order valence-electron chi connectivity index (χ2n) is 4.72. The number of ether oxygens (including phenoxy) is 1. The zero-order valence-electron chi connectivity index (χ0n) is 8.87. The minimum absolute atomic E-state index is 0.194. The molecule has 0 saturated heterocycles. The van der Waals surface area contributed by atoms with Gasteiger partial charge in [0, 0.05) is 11.0 Å². The van der Waals surface area contributed by atoms with E-state index in [9.17, 15) is 5.11 Å². The molecule has 1 aromatic rings. The molecule has 1 aliphatic heterocycles. The van der Waals surface area contributed by atoms with E-state index in [1.165, 1.54) is 0 Å². The predicted molar refractivity (Wildman–Crippen MR) is 55.4 cm³/mol. The molecule has 14 heavy (non-hydrogen) atoms. The Balaban J connectivity index is 2.48. The molecular weight excluding hydrogens is 176 g/mol. The molecule has 1 heterocycles. The van der Waals surface area contributed by atoms with Crippen molar-refractivity contribution in [1.82, 2.24) is 0 Å². The summed E-state index contributed by atoms with van der Waals surface area (Å²) in [6.07, 6.45) is -0.425. The zero-order valence-corrected chi connectivity index (χ0v) is 8.87. The molecule has 1 atom stereocenters. The van der Waals surface area contributed by atoms with Crippen LogP contribution in [0.4, 0.5) is 0 Å². The van der Waals surface area contributed by atoms with Crippen molar-refractivity contribution in [3.05, 3.63) is 29.3 Å². The van der Waals surface area contributed by atoms with Gasteiger partial charge in [-0.1, -0.05) is 25.5 Å². The highest BCUT2D eigenvalue weighted by Crippen LogP contribution is 2.42. The van der Waals surface area contributed by atoms with Crippen molar-refractivity contribution < 1.29 is 9.84 Å². The second-order valence-corrected chi connectivity index (χ2v) is 4.72. The Kier molecular flexibility index (Phi) is 2.04. The quantitative estimate of drug-likeness (QED) is 0.684. The second kappa shape index (κ2) is 2.99. The lowest BCUT2D eigenvalue weighted by Crippen LogP contribution is -2.33. The van der Waals surface area contributed by atoms with Gasteiger partial charge in [-0.15, -0.1) is 0 Å². The van der Waals surface area contributed by atoms with E-state index in [4.69, 9.17) is 4.74 Å². The first kappa shape index (κ1) is 9.53. The first-order valence-corrected chi connectivity index (χ1v) is 4.92. The maximum Gasteiger partial charge on any atom is 0.125 e. The molecule has 2 nitrogen and oxygen atoms in total. The maximum absolute atomic E-state index is 10.1. The molecular formula is C12H16O2. The van der Waals surface area contributed by atoms with Crippen LogP contribution in [0, 0.1) is 12.3 Å². The summed E-state index contributed by atoms with van der Waals surface area (Å²) in [5.41, 5.74) is 1.88. The summed E-state index contributed by atoms with van der Waals surface area (Å²) in [5.74, 6) is 0.822. The first-order valence-electron chi connectivity index (χ1n) is 4.92. The molecule has 2 rings (SSSR count). The molecule has 0 aromatic heterocycles. The topological polar surface area (TPSA) is 29.5 Å². The summed E-state index contributed by atoms with van der Waals surface area (Å²) < 4.78 is 5.60. The monoisotopic (exact) mass is 192 g/mol. The molecule has 0 bridgehead atoms. The van der Waals surface area contributed by atoms with Crippen molar-refractivity contribution in [3.8, 4) is 5.75 Å². The Morgan fingerprint density at radius 2 is 2.14 bits per heavy atom. The number of rotatable bonds is 0. The van der Waals surface area contributed by atoms with Gasteiger partial charge in [0.2, 0.25) is 0 Å². The van der Waals surface area contributed by atoms with Gasteiger partial charge in [-0.25, -0.2) is 0 Å². The van der Waals surface area contributed by atoms with Crippen molar-refractivity contribution in [2.45, 2.75) is 26.9 Å². The van der Waals surface area contributed by atoms with Crippen LogP contribution in [0.1, 0.15) is 31.1 Å². The van der Waals surface area contributed by atoms with Crippen LogP contribution >= 0.6 is 0 Å². The van der Waals surface area contributed by atoms with Crippen molar-refractivity contribution in [2.24, 2.45) is 5.41 Å². The SMILES string of the molecule is Cc1ccc2c(c1)C(O)C(C)(C)CO2. The van der Waals surface area contributed by atoms with Crippen LogP contribution in [0.2, 0.25) is 0 Å². The molecule has 1 N–H and O–H groups in total. The van der Waals surface area contributed by atoms with E-state index >= 15 is 0 Å². The third-order valence-electron chi connectivity index (χ3n) is 2.80. The molecule has 76 valence electrons. The number of aryl methyl sites for hydroxylation is 1. The predicted octanol–water partition coefficient (Wildman–Crippen LogP) is 2.45. The Bertz CT molecular complexity index is 355. The lowest BCUT2D eigenvalue weighted by Gasteiger charge is -2.36. The standard InChI is InChI=1S/C12H16O2/c1-8-4-5-10-9(6-8)11(13)12(2,3)7-14-10/h4-6,11,13H,7H2,1-3H3. The summed E-state index contributed by atoms with van der Waals surface area (Å²) in [5, 5.41) is 10.1. The highest BCUT2D eigenvalue weighted by molar-refractivity contribution is 5.40. The highest BCUT2D eigenvalue weighted by atomic mass is 16.5. The van der Waals surface area contributed by atoms with Crippen molar-refractivity contribution >= 4 is 0 Å². The first-order chi connectivity index (χ1) is 6.50. The minimum atomic E-state index is -0.425. The third kappa shape index (κ3) is 1.40. The summed E-state index contributed by atoms with van der Waals surface area (Å²) in [6, 6.07) is 5.94. The van der Waals surface area contributed by atoms with Gasteiger partial charge in [0.1, 0.15) is 5.75 Å². The van der Waals surface area contributed by atoms with Crippen LogP contribution in [0.25, 0.3) is 0 Å². The number of hydrogen-bond donors (Lipinski definition) is 1. The van der Waals surface area contributed by atoms with E-state index in [1.807, 2.05) is 39.0 Å². The summed E-state index contributed by atoms with van der Waals surface area (Å²) in [4.78, 5) is 0. The van der Waals surface area contributed by atoms with E-state index < -0.39 is 6.10 Å². The average Bonchev–Trinajstić information content (AvgIpc) is 2.13. The lowest BCUT2D eigenvalue weighted by atomic mass is 9.81. The van der Waals surface area contributed by atoms with E-state index in [1.54, 1.807) is 0 Å². The van der Waals surface area contributed by atoms with Gasteiger partial charge in [0.05, 0.1) is 12.7 Å². The van der Waals surface area contributed by atoms with Crippen LogP contribution < -0.4 is 4.74 Å². The molecule has 1 aliphatic rings. The van der Waals surface area contributed by atoms with Gasteiger partial charge in [-0.2, -0.15) is 0 Å². The molecule has 1 unspecified atom stereocenters. The largest absolute Gasteiger partial charge is 0.493 e. The zero-order chi connectivity index (χ0) is 10.3. The Labute approximate surface area is 84.5 Å². The molecule has 1 aromatic carbocycles. The average molecular weight is 192 g/mol. The van der Waals surface area contributed by atoms with Gasteiger partial charge < -0.3 is 9.84 Å². The molecule has 0 radical (unpaired) electrons. The third-order valence-corrected chi connectivity index (χ3v) is 2.80. The summed E-state index contributed by atoms with van der Waals surface area (Å²) in [6.45, 7) is 6.63. The van der Waals surface area contributed by atoms with E-state index in [2.05, 4.69) is 0 Å². The summed E-state index contributed by atoms with van der Waals surface area (Å²) in [7, 11) is 0.